The Kier molecular flexibility index (Phi) is 4.77. The van der Waals surface area contributed by atoms with Crippen LogP contribution in [0.4, 0.5) is 0 Å². The Balaban J connectivity index is 2.72. The van der Waals surface area contributed by atoms with Gasteiger partial charge in [-0.3, -0.25) is 5.01 Å². The summed E-state index contributed by atoms with van der Waals surface area (Å²) in [4.78, 5) is 12.0. The van der Waals surface area contributed by atoms with Crippen molar-refractivity contribution in [2.45, 2.75) is 58.4 Å². The third kappa shape index (κ3) is 3.47. The number of hydrazone groups is 1. The summed E-state index contributed by atoms with van der Waals surface area (Å²) < 4.78 is 4.95. The van der Waals surface area contributed by atoms with Gasteiger partial charge in [-0.05, 0) is 24.7 Å². The molecular formula is C14H26N2O2. The van der Waals surface area contributed by atoms with Crippen LogP contribution in [0.3, 0.4) is 0 Å². The molecule has 1 fully saturated rings. The molecule has 4 heteroatoms. The molecule has 18 heavy (non-hydrogen) atoms. The first-order valence-electron chi connectivity index (χ1n) is 6.66. The van der Waals surface area contributed by atoms with Crippen LogP contribution in [0.25, 0.3) is 0 Å². The Morgan fingerprint density at radius 1 is 1.39 bits per heavy atom. The normalized spacial score (nSPS) is 19.2. The summed E-state index contributed by atoms with van der Waals surface area (Å²) in [5, 5.41) is 6.24. The molecule has 0 aromatic heterocycles. The van der Waals surface area contributed by atoms with E-state index in [4.69, 9.17) is 4.74 Å². The number of nitrogens with zero attached hydrogens (tertiary/aromatic N) is 2. The van der Waals surface area contributed by atoms with Crippen molar-refractivity contribution in [2.24, 2.45) is 10.5 Å². The topological polar surface area (TPSA) is 41.9 Å². The van der Waals surface area contributed by atoms with Gasteiger partial charge in [0.1, 0.15) is 0 Å². The molecule has 0 N–H and O–H groups in total. The monoisotopic (exact) mass is 254 g/mol. The van der Waals surface area contributed by atoms with Crippen molar-refractivity contribution < 1.29 is 9.53 Å². The van der Waals surface area contributed by atoms with Crippen molar-refractivity contribution in [1.29, 1.82) is 0 Å². The standard InChI is InChI=1S/C14H26N2O2/c1-13(2,3)10-11-15-16(4)14(12(17)18-5)8-6-7-9-14/h11H,6-10H2,1-5H3/b15-11-. The molecule has 0 atom stereocenters. The molecule has 0 aliphatic heterocycles. The molecule has 0 bridgehead atoms. The van der Waals surface area contributed by atoms with Crippen molar-refractivity contribution in [1.82, 2.24) is 5.01 Å². The minimum Gasteiger partial charge on any atom is -0.467 e. The molecule has 0 radical (unpaired) electrons. The predicted octanol–water partition coefficient (Wildman–Crippen LogP) is 2.83. The lowest BCUT2D eigenvalue weighted by molar-refractivity contribution is -0.154. The third-order valence-electron chi connectivity index (χ3n) is 3.57. The molecule has 0 unspecified atom stereocenters. The molecule has 0 heterocycles. The minimum absolute atomic E-state index is 0.157. The lowest BCUT2D eigenvalue weighted by atomic mass is 9.93. The molecule has 1 saturated carbocycles. The molecule has 4 nitrogen and oxygen atoms in total. The molecule has 0 spiro atoms. The quantitative estimate of drug-likeness (QED) is 0.440. The average molecular weight is 254 g/mol. The van der Waals surface area contributed by atoms with Gasteiger partial charge >= 0.3 is 5.97 Å². The summed E-state index contributed by atoms with van der Waals surface area (Å²) in [6.45, 7) is 6.51. The zero-order chi connectivity index (χ0) is 13.8. The van der Waals surface area contributed by atoms with Gasteiger partial charge < -0.3 is 4.74 Å². The van der Waals surface area contributed by atoms with Crippen LogP contribution in [0.1, 0.15) is 52.9 Å². The van der Waals surface area contributed by atoms with Crippen LogP contribution in [0.2, 0.25) is 0 Å². The Bertz CT molecular complexity index is 312. The van der Waals surface area contributed by atoms with Gasteiger partial charge in [0.15, 0.2) is 5.54 Å². The fourth-order valence-electron chi connectivity index (χ4n) is 2.36. The number of ether oxygens (including phenoxy) is 1. The first-order valence-corrected chi connectivity index (χ1v) is 6.66. The highest BCUT2D eigenvalue weighted by Crippen LogP contribution is 2.35. The number of rotatable bonds is 4. The second-order valence-electron chi connectivity index (χ2n) is 6.32. The predicted molar refractivity (Wildman–Crippen MR) is 73.5 cm³/mol. The van der Waals surface area contributed by atoms with Gasteiger partial charge in [-0.15, -0.1) is 0 Å². The van der Waals surface area contributed by atoms with Crippen molar-refractivity contribution in [3.63, 3.8) is 0 Å². The Labute approximate surface area is 110 Å². The molecule has 0 saturated heterocycles. The van der Waals surface area contributed by atoms with Crippen LogP contribution in [-0.4, -0.2) is 36.9 Å². The van der Waals surface area contributed by atoms with Crippen LogP contribution in [-0.2, 0) is 9.53 Å². The number of methoxy groups -OCH3 is 1. The van der Waals surface area contributed by atoms with Crippen molar-refractivity contribution in [2.75, 3.05) is 14.2 Å². The maximum absolute atomic E-state index is 12.0. The van der Waals surface area contributed by atoms with Crippen LogP contribution in [0.15, 0.2) is 5.10 Å². The summed E-state index contributed by atoms with van der Waals surface area (Å²) in [6, 6.07) is 0. The maximum Gasteiger partial charge on any atom is 0.333 e. The SMILES string of the molecule is COC(=O)C1(N(C)/N=C\CC(C)(C)C)CCCC1. The molecular weight excluding hydrogens is 228 g/mol. The third-order valence-corrected chi connectivity index (χ3v) is 3.57. The van der Waals surface area contributed by atoms with E-state index in [1.807, 2.05) is 13.3 Å². The highest BCUT2D eigenvalue weighted by molar-refractivity contribution is 5.81. The van der Waals surface area contributed by atoms with Gasteiger partial charge in [0.25, 0.3) is 0 Å². The number of hydrogen-bond donors (Lipinski definition) is 0. The van der Waals surface area contributed by atoms with Crippen LogP contribution >= 0.6 is 0 Å². The van der Waals surface area contributed by atoms with Gasteiger partial charge in [-0.2, -0.15) is 5.10 Å². The van der Waals surface area contributed by atoms with E-state index >= 15 is 0 Å². The van der Waals surface area contributed by atoms with Crippen molar-refractivity contribution in [3.05, 3.63) is 0 Å². The van der Waals surface area contributed by atoms with Gasteiger partial charge in [0.05, 0.1) is 7.11 Å². The molecule has 1 aliphatic carbocycles. The van der Waals surface area contributed by atoms with E-state index in [9.17, 15) is 4.79 Å². The summed E-state index contributed by atoms with van der Waals surface area (Å²) in [7, 11) is 3.33. The van der Waals surface area contributed by atoms with E-state index in [2.05, 4.69) is 25.9 Å². The average Bonchev–Trinajstić information content (AvgIpc) is 2.76. The zero-order valence-corrected chi connectivity index (χ0v) is 12.3. The van der Waals surface area contributed by atoms with E-state index in [0.717, 1.165) is 32.1 Å². The summed E-state index contributed by atoms with van der Waals surface area (Å²) in [6.07, 6.45) is 6.60. The number of esters is 1. The Morgan fingerprint density at radius 2 is 1.94 bits per heavy atom. The molecule has 1 rings (SSSR count). The molecule has 104 valence electrons. The fraction of sp³-hybridized carbons (Fsp3) is 0.857. The van der Waals surface area contributed by atoms with E-state index in [0.29, 0.717) is 0 Å². The molecule has 0 aromatic rings. The van der Waals surface area contributed by atoms with Crippen molar-refractivity contribution >= 4 is 12.2 Å². The van der Waals surface area contributed by atoms with E-state index in [1.54, 1.807) is 5.01 Å². The summed E-state index contributed by atoms with van der Waals surface area (Å²) in [5.41, 5.74) is -0.318. The summed E-state index contributed by atoms with van der Waals surface area (Å²) in [5.74, 6) is -0.157. The largest absolute Gasteiger partial charge is 0.467 e. The Hall–Kier alpha value is -1.06. The van der Waals surface area contributed by atoms with Crippen LogP contribution in [0.5, 0.6) is 0 Å². The summed E-state index contributed by atoms with van der Waals surface area (Å²) >= 11 is 0. The van der Waals surface area contributed by atoms with Gasteiger partial charge in [0, 0.05) is 13.3 Å². The first kappa shape index (κ1) is 15.0. The van der Waals surface area contributed by atoms with Gasteiger partial charge in [-0.1, -0.05) is 33.6 Å². The van der Waals surface area contributed by atoms with Gasteiger partial charge in [-0.25, -0.2) is 4.79 Å². The van der Waals surface area contributed by atoms with Gasteiger partial charge in [0.2, 0.25) is 0 Å². The lowest BCUT2D eigenvalue weighted by Crippen LogP contribution is -2.49. The number of likely N-dealkylation sites (N-methyl/N-ethyl adjacent to an activating group) is 1. The highest BCUT2D eigenvalue weighted by Gasteiger charge is 2.45. The maximum atomic E-state index is 12.0. The van der Waals surface area contributed by atoms with E-state index in [-0.39, 0.29) is 11.4 Å². The molecule has 0 amide bonds. The second kappa shape index (κ2) is 5.72. The lowest BCUT2D eigenvalue weighted by Gasteiger charge is -2.33. The number of hydrogen-bond acceptors (Lipinski definition) is 4. The first-order chi connectivity index (χ1) is 8.32. The zero-order valence-electron chi connectivity index (χ0n) is 12.3. The molecule has 0 aromatic carbocycles. The number of carbonyl (C=O) groups excluding carboxylic acids is 1. The molecule has 1 aliphatic rings. The van der Waals surface area contributed by atoms with E-state index in [1.165, 1.54) is 7.11 Å². The van der Waals surface area contributed by atoms with E-state index < -0.39 is 5.54 Å². The van der Waals surface area contributed by atoms with Crippen molar-refractivity contribution in [3.8, 4) is 0 Å². The van der Waals surface area contributed by atoms with Crippen LogP contribution < -0.4 is 0 Å². The highest BCUT2D eigenvalue weighted by atomic mass is 16.5. The Morgan fingerprint density at radius 3 is 2.39 bits per heavy atom. The van der Waals surface area contributed by atoms with Crippen LogP contribution in [0, 0.1) is 5.41 Å². The smallest absolute Gasteiger partial charge is 0.333 e. The fourth-order valence-corrected chi connectivity index (χ4v) is 2.36. The second-order valence-corrected chi connectivity index (χ2v) is 6.32. The minimum atomic E-state index is -0.539. The number of carbonyl (C=O) groups is 1.